The lowest BCUT2D eigenvalue weighted by Gasteiger charge is -2.06. The molecule has 0 bridgehead atoms. The lowest BCUT2D eigenvalue weighted by Crippen LogP contribution is -2.10. The summed E-state index contributed by atoms with van der Waals surface area (Å²) in [4.78, 5) is 12.4. The Bertz CT molecular complexity index is 592. The number of benzene rings is 1. The van der Waals surface area contributed by atoms with E-state index in [1.807, 2.05) is 24.3 Å². The largest absolute Gasteiger partial charge is 0.726 e. The molecule has 0 aliphatic rings. The topological polar surface area (TPSA) is 92.7 Å². The van der Waals surface area contributed by atoms with Crippen molar-refractivity contribution in [3.63, 3.8) is 0 Å². The standard InChI is InChI=1S/C12H15O2S.CH4O4S/c1-9(2)12(13)14-10-7-5-6-8-11(10)15(3)4;1-5-6(2,3)4/h5-8H,1H2,2-4H3;1H3,(H,2,3,4)/q+1;/p-1. The van der Waals surface area contributed by atoms with Gasteiger partial charge in [-0.05, 0) is 19.1 Å². The molecule has 0 N–H and O–H groups in total. The summed E-state index contributed by atoms with van der Waals surface area (Å²) in [6.45, 7) is 5.19. The molecule has 1 rings (SSSR count). The first-order chi connectivity index (χ1) is 9.58. The Labute approximate surface area is 128 Å². The van der Waals surface area contributed by atoms with Crippen LogP contribution in [-0.4, -0.2) is 38.6 Å². The van der Waals surface area contributed by atoms with Gasteiger partial charge in [0.2, 0.25) is 10.4 Å². The van der Waals surface area contributed by atoms with Gasteiger partial charge in [-0.1, -0.05) is 18.7 Å². The van der Waals surface area contributed by atoms with Gasteiger partial charge in [-0.25, -0.2) is 13.2 Å². The number of carbonyl (C=O) groups excluding carboxylic acids is 1. The van der Waals surface area contributed by atoms with Crippen molar-refractivity contribution in [3.8, 4) is 5.75 Å². The summed E-state index contributed by atoms with van der Waals surface area (Å²) in [5.74, 6) is 0.270. The molecule has 118 valence electrons. The van der Waals surface area contributed by atoms with Gasteiger partial charge < -0.3 is 9.29 Å². The van der Waals surface area contributed by atoms with Crippen LogP contribution >= 0.6 is 0 Å². The van der Waals surface area contributed by atoms with Gasteiger partial charge in [-0.2, -0.15) is 0 Å². The van der Waals surface area contributed by atoms with E-state index in [4.69, 9.17) is 4.74 Å². The number of carbonyl (C=O) groups is 1. The Morgan fingerprint density at radius 2 is 1.76 bits per heavy atom. The highest BCUT2D eigenvalue weighted by Gasteiger charge is 2.17. The molecule has 1 aromatic rings. The zero-order valence-electron chi connectivity index (χ0n) is 12.3. The normalized spacial score (nSPS) is 10.6. The predicted octanol–water partition coefficient (Wildman–Crippen LogP) is 1.50. The zero-order chi connectivity index (χ0) is 16.6. The smallest absolute Gasteiger partial charge is 0.338 e. The molecule has 0 unspecified atom stereocenters. The highest BCUT2D eigenvalue weighted by molar-refractivity contribution is 7.95. The van der Waals surface area contributed by atoms with Crippen molar-refractivity contribution >= 4 is 27.3 Å². The summed E-state index contributed by atoms with van der Waals surface area (Å²) in [6.07, 6.45) is 4.18. The lowest BCUT2D eigenvalue weighted by atomic mass is 10.3. The van der Waals surface area contributed by atoms with Crippen LogP contribution in [0.1, 0.15) is 6.92 Å². The van der Waals surface area contributed by atoms with E-state index in [1.165, 1.54) is 0 Å². The van der Waals surface area contributed by atoms with Crippen molar-refractivity contribution in [2.75, 3.05) is 19.6 Å². The second kappa shape index (κ2) is 8.83. The maximum atomic E-state index is 11.4. The molecule has 0 aromatic heterocycles. The van der Waals surface area contributed by atoms with Crippen molar-refractivity contribution in [3.05, 3.63) is 36.4 Å². The fourth-order valence-electron chi connectivity index (χ4n) is 1.06. The van der Waals surface area contributed by atoms with Crippen LogP contribution in [0.15, 0.2) is 41.3 Å². The van der Waals surface area contributed by atoms with Crippen LogP contribution in [-0.2, 0) is 30.3 Å². The van der Waals surface area contributed by atoms with Gasteiger partial charge in [0.05, 0.1) is 7.11 Å². The van der Waals surface area contributed by atoms with E-state index < -0.39 is 10.4 Å². The highest BCUT2D eigenvalue weighted by Crippen LogP contribution is 2.23. The van der Waals surface area contributed by atoms with Crippen LogP contribution in [0, 0.1) is 0 Å². The minimum atomic E-state index is -4.41. The molecular formula is C13H18O6S2. The highest BCUT2D eigenvalue weighted by atomic mass is 32.3. The number of hydrogen-bond acceptors (Lipinski definition) is 6. The van der Waals surface area contributed by atoms with E-state index >= 15 is 0 Å². The molecular weight excluding hydrogens is 316 g/mol. The molecule has 0 saturated carbocycles. The summed E-state index contributed by atoms with van der Waals surface area (Å²) in [6, 6.07) is 7.59. The predicted molar refractivity (Wildman–Crippen MR) is 81.1 cm³/mol. The fourth-order valence-corrected chi connectivity index (χ4v) is 1.92. The molecule has 0 heterocycles. The molecule has 0 spiro atoms. The van der Waals surface area contributed by atoms with Gasteiger partial charge in [-0.3, -0.25) is 4.18 Å². The van der Waals surface area contributed by atoms with Crippen molar-refractivity contribution in [2.45, 2.75) is 11.8 Å². The molecule has 0 atom stereocenters. The number of ether oxygens (including phenoxy) is 1. The quantitative estimate of drug-likeness (QED) is 0.207. The number of para-hydroxylation sites is 1. The molecule has 6 nitrogen and oxygen atoms in total. The van der Waals surface area contributed by atoms with Crippen molar-refractivity contribution in [1.82, 2.24) is 0 Å². The average Bonchev–Trinajstić information content (AvgIpc) is 2.38. The Morgan fingerprint density at radius 1 is 1.29 bits per heavy atom. The molecule has 8 heteroatoms. The first-order valence-corrected chi connectivity index (χ1v) is 9.01. The van der Waals surface area contributed by atoms with E-state index in [1.54, 1.807) is 6.92 Å². The van der Waals surface area contributed by atoms with Gasteiger partial charge >= 0.3 is 5.97 Å². The zero-order valence-corrected chi connectivity index (χ0v) is 13.9. The van der Waals surface area contributed by atoms with Crippen LogP contribution in [0.3, 0.4) is 0 Å². The number of hydrogen-bond donors (Lipinski definition) is 0. The van der Waals surface area contributed by atoms with Crippen LogP contribution < -0.4 is 4.74 Å². The van der Waals surface area contributed by atoms with Crippen molar-refractivity contribution in [2.24, 2.45) is 0 Å². The first kappa shape index (κ1) is 19.7. The summed E-state index contributed by atoms with van der Waals surface area (Å²) in [5, 5.41) is 0. The molecule has 0 radical (unpaired) electrons. The molecule has 0 aliphatic heterocycles. The lowest BCUT2D eigenvalue weighted by molar-refractivity contribution is -0.130. The second-order valence-corrected chi connectivity index (χ2v) is 7.23. The number of esters is 1. The molecule has 1 aromatic carbocycles. The van der Waals surface area contributed by atoms with Gasteiger partial charge in [0.25, 0.3) is 0 Å². The molecule has 0 saturated heterocycles. The van der Waals surface area contributed by atoms with Gasteiger partial charge in [0.1, 0.15) is 12.5 Å². The Balaban J connectivity index is 0.000000567. The Morgan fingerprint density at radius 3 is 2.14 bits per heavy atom. The van der Waals surface area contributed by atoms with Crippen molar-refractivity contribution < 1.29 is 26.7 Å². The minimum absolute atomic E-state index is 0.0730. The average molecular weight is 334 g/mol. The fraction of sp³-hybridized carbons (Fsp3) is 0.308. The third-order valence-corrected chi connectivity index (χ3v) is 3.67. The third-order valence-electron chi connectivity index (χ3n) is 2.04. The first-order valence-electron chi connectivity index (χ1n) is 5.64. The second-order valence-electron chi connectivity index (χ2n) is 4.01. The Kier molecular flexibility index (Phi) is 8.26. The maximum Gasteiger partial charge on any atom is 0.338 e. The SMILES string of the molecule is C=C(C)C(=O)Oc1ccccc1[S+](C)C.COS(=O)(=O)[O-]. The molecule has 0 aliphatic carbocycles. The third kappa shape index (κ3) is 8.51. The molecule has 0 amide bonds. The van der Waals surface area contributed by atoms with Crippen LogP contribution in [0.5, 0.6) is 5.75 Å². The maximum absolute atomic E-state index is 11.4. The van der Waals surface area contributed by atoms with Crippen LogP contribution in [0.2, 0.25) is 0 Å². The molecule has 0 fully saturated rings. The van der Waals surface area contributed by atoms with E-state index in [-0.39, 0.29) is 16.9 Å². The van der Waals surface area contributed by atoms with E-state index in [0.29, 0.717) is 11.3 Å². The van der Waals surface area contributed by atoms with Gasteiger partial charge in [0, 0.05) is 16.5 Å². The minimum Gasteiger partial charge on any atom is -0.726 e. The van der Waals surface area contributed by atoms with Gasteiger partial charge in [-0.15, -0.1) is 0 Å². The summed E-state index contributed by atoms with van der Waals surface area (Å²) in [7, 11) is -3.53. The Hall–Kier alpha value is -1.35. The van der Waals surface area contributed by atoms with E-state index in [2.05, 4.69) is 23.3 Å². The molecule has 21 heavy (non-hydrogen) atoms. The van der Waals surface area contributed by atoms with E-state index in [9.17, 15) is 17.8 Å². The van der Waals surface area contributed by atoms with Crippen LogP contribution in [0.25, 0.3) is 0 Å². The van der Waals surface area contributed by atoms with Gasteiger partial charge in [0.15, 0.2) is 10.6 Å². The van der Waals surface area contributed by atoms with Crippen molar-refractivity contribution in [1.29, 1.82) is 0 Å². The van der Waals surface area contributed by atoms with E-state index in [0.717, 1.165) is 12.0 Å². The number of rotatable bonds is 4. The summed E-state index contributed by atoms with van der Waals surface area (Å²) >= 11 is 0. The monoisotopic (exact) mass is 334 g/mol. The van der Waals surface area contributed by atoms with Crippen LogP contribution in [0.4, 0.5) is 0 Å². The summed E-state index contributed by atoms with van der Waals surface area (Å²) < 4.78 is 36.3. The summed E-state index contributed by atoms with van der Waals surface area (Å²) in [5.41, 5.74) is 0.414.